The van der Waals surface area contributed by atoms with Crippen molar-refractivity contribution in [2.75, 3.05) is 19.4 Å². The Balaban J connectivity index is 1.93. The number of amides is 3. The summed E-state index contributed by atoms with van der Waals surface area (Å²) in [4.78, 5) is 25.7. The molecule has 25 heavy (non-hydrogen) atoms. The molecule has 0 aromatic heterocycles. The molecule has 0 bridgehead atoms. The van der Waals surface area contributed by atoms with E-state index in [4.69, 9.17) is 0 Å². The van der Waals surface area contributed by atoms with Crippen LogP contribution in [0.25, 0.3) is 0 Å². The van der Waals surface area contributed by atoms with E-state index in [9.17, 15) is 9.59 Å². The number of carbonyl (C=O) groups excluding carboxylic acids is 2. The van der Waals surface area contributed by atoms with Crippen molar-refractivity contribution in [2.24, 2.45) is 0 Å². The molecule has 1 atom stereocenters. The summed E-state index contributed by atoms with van der Waals surface area (Å²) < 4.78 is 0. The maximum atomic E-state index is 12.3. The fraction of sp³-hybridized carbons (Fsp3) is 0.500. The van der Waals surface area contributed by atoms with Crippen molar-refractivity contribution in [1.29, 1.82) is 0 Å². The molecule has 2 rings (SSSR count). The Labute approximate surface area is 150 Å². The minimum Gasteiger partial charge on any atom is -0.349 e. The van der Waals surface area contributed by atoms with Gasteiger partial charge in [0.25, 0.3) is 0 Å². The first kappa shape index (κ1) is 19.0. The lowest BCUT2D eigenvalue weighted by molar-refractivity contribution is -0.128. The van der Waals surface area contributed by atoms with Crippen molar-refractivity contribution >= 4 is 17.6 Å². The number of rotatable bonds is 6. The number of nitrogens with zero attached hydrogens (tertiary/aromatic N) is 1. The minimum absolute atomic E-state index is 0.0442. The Bertz CT molecular complexity index is 638. The minimum atomic E-state index is -0.203. The standard InChI is InChI=1S/C20H29N3O2/c1-15(16-9-5-4-6-10-16)21-20(25)22-18-12-8-7-11-17(18)13-14-19(24)23(2)3/h7-9,11-12,15H,4-6,10,13-14H2,1-3H3,(H2,21,22,25). The van der Waals surface area contributed by atoms with Gasteiger partial charge in [-0.3, -0.25) is 4.79 Å². The molecular formula is C20H29N3O2. The van der Waals surface area contributed by atoms with Crippen LogP contribution in [0.5, 0.6) is 0 Å². The molecule has 0 spiro atoms. The third kappa shape index (κ3) is 5.93. The van der Waals surface area contributed by atoms with Crippen LogP contribution >= 0.6 is 0 Å². The normalized spacial score (nSPS) is 15.1. The third-order valence-corrected chi connectivity index (χ3v) is 4.60. The lowest BCUT2D eigenvalue weighted by Crippen LogP contribution is -2.37. The van der Waals surface area contributed by atoms with Crippen LogP contribution in [0.4, 0.5) is 10.5 Å². The zero-order valence-corrected chi connectivity index (χ0v) is 15.5. The molecule has 2 N–H and O–H groups in total. The van der Waals surface area contributed by atoms with Crippen molar-refractivity contribution in [3.8, 4) is 0 Å². The van der Waals surface area contributed by atoms with Gasteiger partial charge in [0.05, 0.1) is 0 Å². The van der Waals surface area contributed by atoms with Crippen molar-refractivity contribution in [3.05, 3.63) is 41.5 Å². The molecule has 1 unspecified atom stereocenters. The second-order valence-corrected chi connectivity index (χ2v) is 6.79. The molecule has 0 saturated carbocycles. The van der Waals surface area contributed by atoms with Gasteiger partial charge in [0.15, 0.2) is 0 Å². The SMILES string of the molecule is CC(NC(=O)Nc1ccccc1CCC(=O)N(C)C)C1=CCCCC1. The number of benzene rings is 1. The number of anilines is 1. The van der Waals surface area contributed by atoms with Gasteiger partial charge in [-0.25, -0.2) is 4.79 Å². The van der Waals surface area contributed by atoms with Gasteiger partial charge < -0.3 is 15.5 Å². The van der Waals surface area contributed by atoms with Gasteiger partial charge in [-0.05, 0) is 50.7 Å². The number of hydrogen-bond donors (Lipinski definition) is 2. The molecule has 0 saturated heterocycles. The number of para-hydroxylation sites is 1. The van der Waals surface area contributed by atoms with Crippen LogP contribution in [0, 0.1) is 0 Å². The van der Waals surface area contributed by atoms with E-state index in [1.54, 1.807) is 19.0 Å². The molecule has 0 heterocycles. The predicted octanol–water partition coefficient (Wildman–Crippen LogP) is 3.72. The number of nitrogens with one attached hydrogen (secondary N) is 2. The van der Waals surface area contributed by atoms with Gasteiger partial charge >= 0.3 is 6.03 Å². The van der Waals surface area contributed by atoms with Gasteiger partial charge in [0.2, 0.25) is 5.91 Å². The van der Waals surface area contributed by atoms with Crippen LogP contribution in [-0.4, -0.2) is 37.0 Å². The van der Waals surface area contributed by atoms with E-state index in [2.05, 4.69) is 16.7 Å². The highest BCUT2D eigenvalue weighted by atomic mass is 16.2. The van der Waals surface area contributed by atoms with E-state index in [-0.39, 0.29) is 18.0 Å². The van der Waals surface area contributed by atoms with E-state index < -0.39 is 0 Å². The number of aryl methyl sites for hydroxylation is 1. The molecule has 5 heteroatoms. The highest BCUT2D eigenvalue weighted by Crippen LogP contribution is 2.21. The highest BCUT2D eigenvalue weighted by Gasteiger charge is 2.15. The molecule has 1 aliphatic carbocycles. The number of carbonyl (C=O) groups is 2. The first-order chi connectivity index (χ1) is 12.0. The van der Waals surface area contributed by atoms with Gasteiger partial charge in [0.1, 0.15) is 0 Å². The molecule has 0 fully saturated rings. The molecule has 0 aliphatic heterocycles. The molecule has 1 aliphatic rings. The second-order valence-electron chi connectivity index (χ2n) is 6.79. The molecule has 5 nitrogen and oxygen atoms in total. The largest absolute Gasteiger partial charge is 0.349 e. The number of urea groups is 1. The van der Waals surface area contributed by atoms with E-state index in [1.165, 1.54) is 18.4 Å². The summed E-state index contributed by atoms with van der Waals surface area (Å²) in [5, 5.41) is 5.95. The fourth-order valence-corrected chi connectivity index (χ4v) is 3.03. The van der Waals surface area contributed by atoms with Crippen LogP contribution in [0.3, 0.4) is 0 Å². The molecule has 3 amide bonds. The maximum Gasteiger partial charge on any atom is 0.319 e. The van der Waals surface area contributed by atoms with E-state index in [1.807, 2.05) is 31.2 Å². The second kappa shape index (κ2) is 9.25. The average molecular weight is 343 g/mol. The predicted molar refractivity (Wildman–Crippen MR) is 102 cm³/mol. The van der Waals surface area contributed by atoms with Crippen LogP contribution in [0.15, 0.2) is 35.9 Å². The van der Waals surface area contributed by atoms with Gasteiger partial charge in [0, 0.05) is 32.2 Å². The monoisotopic (exact) mass is 343 g/mol. The lowest BCUT2D eigenvalue weighted by Gasteiger charge is -2.21. The molecule has 0 radical (unpaired) electrons. The smallest absolute Gasteiger partial charge is 0.319 e. The Morgan fingerprint density at radius 3 is 2.64 bits per heavy atom. The molecule has 1 aromatic carbocycles. The molecular weight excluding hydrogens is 314 g/mol. The average Bonchev–Trinajstić information content (AvgIpc) is 2.61. The fourth-order valence-electron chi connectivity index (χ4n) is 3.03. The van der Waals surface area contributed by atoms with E-state index in [0.29, 0.717) is 12.8 Å². The Morgan fingerprint density at radius 1 is 1.20 bits per heavy atom. The summed E-state index contributed by atoms with van der Waals surface area (Å²) in [7, 11) is 3.50. The summed E-state index contributed by atoms with van der Waals surface area (Å²) in [5.74, 6) is 0.0807. The highest BCUT2D eigenvalue weighted by molar-refractivity contribution is 5.90. The number of hydrogen-bond acceptors (Lipinski definition) is 2. The quantitative estimate of drug-likeness (QED) is 0.773. The Kier molecular flexibility index (Phi) is 7.04. The summed E-state index contributed by atoms with van der Waals surface area (Å²) in [5.41, 5.74) is 3.04. The van der Waals surface area contributed by atoms with Crippen LogP contribution < -0.4 is 10.6 Å². The van der Waals surface area contributed by atoms with Crippen molar-refractivity contribution in [2.45, 2.75) is 51.5 Å². The summed E-state index contributed by atoms with van der Waals surface area (Å²) in [6, 6.07) is 7.48. The van der Waals surface area contributed by atoms with Crippen LogP contribution in [0.1, 0.15) is 44.6 Å². The zero-order chi connectivity index (χ0) is 18.2. The first-order valence-electron chi connectivity index (χ1n) is 9.02. The molecule has 1 aromatic rings. The summed E-state index contributed by atoms with van der Waals surface area (Å²) >= 11 is 0. The lowest BCUT2D eigenvalue weighted by atomic mass is 9.95. The first-order valence-corrected chi connectivity index (χ1v) is 9.02. The van der Waals surface area contributed by atoms with Gasteiger partial charge in [-0.1, -0.05) is 29.8 Å². The van der Waals surface area contributed by atoms with Gasteiger partial charge in [-0.15, -0.1) is 0 Å². The zero-order valence-electron chi connectivity index (χ0n) is 15.5. The van der Waals surface area contributed by atoms with Crippen molar-refractivity contribution in [1.82, 2.24) is 10.2 Å². The van der Waals surface area contributed by atoms with E-state index >= 15 is 0 Å². The maximum absolute atomic E-state index is 12.3. The van der Waals surface area contributed by atoms with Crippen molar-refractivity contribution in [3.63, 3.8) is 0 Å². The van der Waals surface area contributed by atoms with Crippen molar-refractivity contribution < 1.29 is 9.59 Å². The van der Waals surface area contributed by atoms with Crippen LogP contribution in [-0.2, 0) is 11.2 Å². The third-order valence-electron chi connectivity index (χ3n) is 4.60. The number of allylic oxidation sites excluding steroid dienone is 1. The van der Waals surface area contributed by atoms with E-state index in [0.717, 1.165) is 24.1 Å². The topological polar surface area (TPSA) is 61.4 Å². The summed E-state index contributed by atoms with van der Waals surface area (Å²) in [6.45, 7) is 2.03. The summed E-state index contributed by atoms with van der Waals surface area (Å²) in [6.07, 6.45) is 7.88. The van der Waals surface area contributed by atoms with Crippen LogP contribution in [0.2, 0.25) is 0 Å². The Hall–Kier alpha value is -2.30. The Morgan fingerprint density at radius 2 is 1.96 bits per heavy atom. The van der Waals surface area contributed by atoms with Gasteiger partial charge in [-0.2, -0.15) is 0 Å². The molecule has 136 valence electrons.